The predicted octanol–water partition coefficient (Wildman–Crippen LogP) is 0.722. The first-order valence-corrected chi connectivity index (χ1v) is 7.42. The van der Waals surface area contributed by atoms with Gasteiger partial charge in [0.15, 0.2) is 0 Å². The molecule has 0 bridgehead atoms. The maximum Gasteiger partial charge on any atom is 0.300 e. The molecule has 34 heavy (non-hydrogen) atoms. The van der Waals surface area contributed by atoms with Crippen LogP contribution in [-0.4, -0.2) is 88.6 Å². The molecule has 0 aliphatic heterocycles. The van der Waals surface area contributed by atoms with Crippen molar-refractivity contribution in [3.63, 3.8) is 0 Å². The molecule has 0 atom stereocenters. The molecule has 0 unspecified atom stereocenters. The monoisotopic (exact) mass is 608 g/mol. The summed E-state index contributed by atoms with van der Waals surface area (Å²) in [6.07, 6.45) is 0. The molecule has 0 aromatic heterocycles. The van der Waals surface area contributed by atoms with Crippen molar-refractivity contribution in [2.45, 2.75) is 55.4 Å². The van der Waals surface area contributed by atoms with E-state index in [1.807, 2.05) is 0 Å². The van der Waals surface area contributed by atoms with Gasteiger partial charge in [-0.1, -0.05) is 0 Å². The Hall–Kier alpha value is -2.99. The molecule has 16 nitrogen and oxygen atoms in total. The van der Waals surface area contributed by atoms with Gasteiger partial charge in [0.25, 0.3) is 47.8 Å². The SMILES string of the molecule is CC(=O)O.CC(=O)O.CC(=O)O.CC(=O)O.CC(=O)O.CC(=O)O.CC(=O)O.CC(=O)O.[Zn].[Zn]. The van der Waals surface area contributed by atoms with E-state index in [1.165, 1.54) is 0 Å². The number of rotatable bonds is 0. The van der Waals surface area contributed by atoms with E-state index in [4.69, 9.17) is 79.2 Å². The van der Waals surface area contributed by atoms with Crippen LogP contribution in [0, 0.1) is 0 Å². The maximum absolute atomic E-state index is 9.00. The zero-order chi connectivity index (χ0) is 28.6. The number of aliphatic carboxylic acids is 8. The van der Waals surface area contributed by atoms with Gasteiger partial charge in [0.2, 0.25) is 0 Å². The Morgan fingerprint density at radius 3 is 0.265 bits per heavy atom. The largest absolute Gasteiger partial charge is 0.481 e. The van der Waals surface area contributed by atoms with Crippen molar-refractivity contribution in [2.75, 3.05) is 0 Å². The summed E-state index contributed by atoms with van der Waals surface area (Å²) in [6.45, 7) is 8.67. The topological polar surface area (TPSA) is 298 Å². The van der Waals surface area contributed by atoms with Crippen LogP contribution in [0.15, 0.2) is 0 Å². The molecular weight excluding hydrogens is 579 g/mol. The maximum atomic E-state index is 9.00. The molecular formula is C16H32O16Zn2. The molecule has 0 saturated heterocycles. The molecule has 0 saturated carbocycles. The molecule has 0 radical (unpaired) electrons. The van der Waals surface area contributed by atoms with Crippen molar-refractivity contribution in [3.8, 4) is 0 Å². The summed E-state index contributed by atoms with van der Waals surface area (Å²) in [5, 5.41) is 59.3. The molecule has 0 aromatic carbocycles. The minimum Gasteiger partial charge on any atom is -0.481 e. The van der Waals surface area contributed by atoms with E-state index in [1.54, 1.807) is 0 Å². The Balaban J connectivity index is -0.0000000240. The van der Waals surface area contributed by atoms with E-state index in [-0.39, 0.29) is 39.0 Å². The van der Waals surface area contributed by atoms with Gasteiger partial charge < -0.3 is 40.9 Å². The number of hydrogen-bond donors (Lipinski definition) is 8. The van der Waals surface area contributed by atoms with E-state index in [2.05, 4.69) is 0 Å². The van der Waals surface area contributed by atoms with Gasteiger partial charge in [0.1, 0.15) is 0 Å². The van der Waals surface area contributed by atoms with Crippen molar-refractivity contribution in [1.82, 2.24) is 0 Å². The van der Waals surface area contributed by atoms with Crippen LogP contribution in [0.25, 0.3) is 0 Å². The van der Waals surface area contributed by atoms with Crippen LogP contribution in [-0.2, 0) is 77.3 Å². The molecule has 0 aromatic rings. The Kier molecular flexibility index (Phi) is 106. The molecule has 196 valence electrons. The van der Waals surface area contributed by atoms with Crippen molar-refractivity contribution in [3.05, 3.63) is 0 Å². The van der Waals surface area contributed by atoms with Crippen molar-refractivity contribution in [1.29, 1.82) is 0 Å². The first-order chi connectivity index (χ1) is 13.9. The zero-order valence-electron chi connectivity index (χ0n) is 20.3. The standard InChI is InChI=1S/8C2H4O2.2Zn/c8*1-2(3)4;;/h8*1H3,(H,3,4);;. The van der Waals surface area contributed by atoms with Gasteiger partial charge in [-0.15, -0.1) is 0 Å². The van der Waals surface area contributed by atoms with Gasteiger partial charge in [-0.3, -0.25) is 38.4 Å². The third-order valence-electron chi connectivity index (χ3n) is 0. The molecule has 0 heterocycles. The van der Waals surface area contributed by atoms with Crippen LogP contribution in [0.5, 0.6) is 0 Å². The minimum atomic E-state index is -0.833. The fraction of sp³-hybridized carbons (Fsp3) is 0.500. The van der Waals surface area contributed by atoms with E-state index in [0.717, 1.165) is 55.4 Å². The summed E-state index contributed by atoms with van der Waals surface area (Å²) < 4.78 is 0. The fourth-order valence-electron chi connectivity index (χ4n) is 0. The van der Waals surface area contributed by atoms with E-state index in [9.17, 15) is 0 Å². The molecule has 18 heteroatoms. The van der Waals surface area contributed by atoms with Crippen LogP contribution >= 0.6 is 0 Å². The Labute approximate surface area is 221 Å². The van der Waals surface area contributed by atoms with Gasteiger partial charge in [-0.25, -0.2) is 0 Å². The average molecular weight is 611 g/mol. The third-order valence-corrected chi connectivity index (χ3v) is 0. The van der Waals surface area contributed by atoms with Crippen molar-refractivity contribution in [2.24, 2.45) is 0 Å². The normalized spacial score (nSPS) is 5.88. The Morgan fingerprint density at radius 1 is 0.265 bits per heavy atom. The van der Waals surface area contributed by atoms with Gasteiger partial charge in [0.05, 0.1) is 0 Å². The van der Waals surface area contributed by atoms with Crippen LogP contribution in [0.3, 0.4) is 0 Å². The molecule has 0 fully saturated rings. The molecule has 0 spiro atoms. The van der Waals surface area contributed by atoms with Gasteiger partial charge in [-0.2, -0.15) is 0 Å². The Bertz CT molecular complexity index is 371. The van der Waals surface area contributed by atoms with Gasteiger partial charge in [0, 0.05) is 94.3 Å². The minimum absolute atomic E-state index is 0. The summed E-state index contributed by atoms with van der Waals surface area (Å²) in [5.74, 6) is -6.67. The fourth-order valence-corrected chi connectivity index (χ4v) is 0. The summed E-state index contributed by atoms with van der Waals surface area (Å²) >= 11 is 0. The number of hydrogen-bond acceptors (Lipinski definition) is 8. The van der Waals surface area contributed by atoms with Crippen LogP contribution < -0.4 is 0 Å². The second kappa shape index (κ2) is 57.2. The molecule has 0 rings (SSSR count). The second-order valence-electron chi connectivity index (χ2n) is 4.15. The second-order valence-corrected chi connectivity index (χ2v) is 4.15. The average Bonchev–Trinajstić information content (AvgIpc) is 2.30. The molecule has 0 aliphatic carbocycles. The zero-order valence-corrected chi connectivity index (χ0v) is 26.2. The predicted molar refractivity (Wildman–Crippen MR) is 106 cm³/mol. The summed E-state index contributed by atoms with van der Waals surface area (Å²) in [6, 6.07) is 0. The summed E-state index contributed by atoms with van der Waals surface area (Å²) in [7, 11) is 0. The first-order valence-electron chi connectivity index (χ1n) is 7.42. The smallest absolute Gasteiger partial charge is 0.300 e. The third kappa shape index (κ3) is 2540. The van der Waals surface area contributed by atoms with Crippen LogP contribution in [0.4, 0.5) is 0 Å². The molecule has 0 aliphatic rings. The first kappa shape index (κ1) is 63.3. The summed E-state index contributed by atoms with van der Waals surface area (Å²) in [4.78, 5) is 72.0. The van der Waals surface area contributed by atoms with Crippen LogP contribution in [0.1, 0.15) is 55.4 Å². The summed E-state index contributed by atoms with van der Waals surface area (Å²) in [5.41, 5.74) is 0. The van der Waals surface area contributed by atoms with E-state index >= 15 is 0 Å². The van der Waals surface area contributed by atoms with E-state index in [0.29, 0.717) is 0 Å². The molecule has 0 amide bonds. The van der Waals surface area contributed by atoms with E-state index < -0.39 is 47.8 Å². The van der Waals surface area contributed by atoms with Crippen molar-refractivity contribution >= 4 is 47.8 Å². The van der Waals surface area contributed by atoms with Gasteiger partial charge in [-0.05, 0) is 0 Å². The number of carboxylic acids is 8. The van der Waals surface area contributed by atoms with Gasteiger partial charge >= 0.3 is 0 Å². The number of carbonyl (C=O) groups is 8. The van der Waals surface area contributed by atoms with Crippen LogP contribution in [0.2, 0.25) is 0 Å². The number of carboxylic acid groups (broad SMARTS) is 8. The Morgan fingerprint density at radius 2 is 0.265 bits per heavy atom. The van der Waals surface area contributed by atoms with Crippen molar-refractivity contribution < 1.29 is 118 Å². The quantitative estimate of drug-likeness (QED) is 0.175. The molecule has 8 N–H and O–H groups in total.